The van der Waals surface area contributed by atoms with Crippen molar-refractivity contribution in [3.05, 3.63) is 126 Å². The summed E-state index contributed by atoms with van der Waals surface area (Å²) in [6.45, 7) is 2.53. The number of hydrogen-bond acceptors (Lipinski definition) is 8. The van der Waals surface area contributed by atoms with Crippen LogP contribution in [0.5, 0.6) is 0 Å². The summed E-state index contributed by atoms with van der Waals surface area (Å²) in [4.78, 5) is 11.3. The summed E-state index contributed by atoms with van der Waals surface area (Å²) in [6, 6.07) is 37.8. The molecule has 0 aliphatic heterocycles. The molecule has 0 aromatic heterocycles. The van der Waals surface area contributed by atoms with E-state index in [1.807, 2.05) is 18.2 Å². The molecule has 253 valence electrons. The fraction of sp³-hybridized carbons (Fsp3) is 0.147. The normalized spacial score (nSPS) is 12.4. The van der Waals surface area contributed by atoms with Gasteiger partial charge in [0, 0.05) is 19.2 Å². The van der Waals surface area contributed by atoms with E-state index in [9.17, 15) is 9.90 Å². The molecule has 0 fully saturated rings. The minimum Gasteiger partial charge on any atom is -1.00 e. The average Bonchev–Trinajstić information content (AvgIpc) is 3.10. The zero-order valence-corrected chi connectivity index (χ0v) is 31.1. The molecule has 4 aromatic carbocycles. The Morgan fingerprint density at radius 3 is 1.65 bits per heavy atom. The first kappa shape index (κ1) is 40.6. The van der Waals surface area contributed by atoms with Crippen LogP contribution in [0.15, 0.2) is 136 Å². The Morgan fingerprint density at radius 1 is 0.729 bits per heavy atom. The first-order valence-corrected chi connectivity index (χ1v) is 17.1. The molecule has 0 bridgehead atoms. The number of carboxylic acid groups (broad SMARTS) is 1. The molecule has 4 rings (SSSR count). The van der Waals surface area contributed by atoms with E-state index in [0.29, 0.717) is 36.5 Å². The fourth-order valence-corrected chi connectivity index (χ4v) is 8.58. The number of hydrogen-bond donors (Lipinski definition) is 3. The van der Waals surface area contributed by atoms with Crippen molar-refractivity contribution in [2.75, 3.05) is 26.5 Å². The predicted octanol–water partition coefficient (Wildman–Crippen LogP) is 1.05. The van der Waals surface area contributed by atoms with E-state index in [0.717, 1.165) is 0 Å². The van der Waals surface area contributed by atoms with Crippen LogP contribution < -0.4 is 43.5 Å². The maximum Gasteiger partial charge on any atom is 2.00 e. The van der Waals surface area contributed by atoms with Crippen LogP contribution in [0.1, 0.15) is 22.8 Å². The van der Waals surface area contributed by atoms with Gasteiger partial charge in [-0.1, -0.05) is 66.7 Å². The monoisotopic (exact) mass is 811 g/mol. The van der Waals surface area contributed by atoms with E-state index in [1.54, 1.807) is 26.1 Å². The Morgan fingerprint density at radius 2 is 1.19 bits per heavy atom. The van der Waals surface area contributed by atoms with Gasteiger partial charge in [0.25, 0.3) is 0 Å². The maximum absolute atomic E-state index is 11.3. The van der Waals surface area contributed by atoms with Gasteiger partial charge in [-0.05, 0) is 65.8 Å². The van der Waals surface area contributed by atoms with Gasteiger partial charge in [0.1, 0.15) is 28.9 Å². The molecule has 0 atom stereocenters. The van der Waals surface area contributed by atoms with Crippen LogP contribution in [0.3, 0.4) is 0 Å². The third-order valence-corrected chi connectivity index (χ3v) is 11.5. The third-order valence-electron chi connectivity index (χ3n) is 6.89. The van der Waals surface area contributed by atoms with E-state index >= 15 is 0 Å². The second-order valence-corrected chi connectivity index (χ2v) is 14.1. The largest absolute Gasteiger partial charge is 2.00 e. The first-order chi connectivity index (χ1) is 22.3. The Bertz CT molecular complexity index is 1620. The number of nitrogens with one attached hydrogen (secondary N) is 2. The summed E-state index contributed by atoms with van der Waals surface area (Å²) in [7, 11) is -0.466. The van der Waals surface area contributed by atoms with Crippen molar-refractivity contribution in [3.63, 3.8) is 0 Å². The Hall–Kier alpha value is -3.54. The number of halogens is 1. The molecule has 0 unspecified atom stereocenters. The SMILES string of the molecule is CNC([S-])=NN=C(C(C)=NN=C([S-])NCCOC[P+](c1ccccc1)(c1ccccc1)c1ccccc1)c1ccc(C(=O)O)cc1.[Br-].[Cu+2]. The van der Waals surface area contributed by atoms with Gasteiger partial charge in [0.15, 0.2) is 6.35 Å². The first-order valence-electron chi connectivity index (χ1n) is 14.4. The van der Waals surface area contributed by atoms with Gasteiger partial charge < -0.3 is 62.7 Å². The summed E-state index contributed by atoms with van der Waals surface area (Å²) in [5.41, 5.74) is 1.52. The van der Waals surface area contributed by atoms with Crippen molar-refractivity contribution in [3.8, 4) is 0 Å². The number of carbonyl (C=O) groups is 1. The zero-order valence-electron chi connectivity index (χ0n) is 26.1. The average molecular weight is 813 g/mol. The summed E-state index contributed by atoms with van der Waals surface area (Å²) < 4.78 is 6.38. The van der Waals surface area contributed by atoms with Crippen molar-refractivity contribution >= 4 is 76.2 Å². The Balaban J connectivity index is 0.00000400. The molecule has 0 saturated carbocycles. The summed E-state index contributed by atoms with van der Waals surface area (Å²) in [5, 5.41) is 35.8. The van der Waals surface area contributed by atoms with Crippen LogP contribution >= 0.6 is 7.26 Å². The van der Waals surface area contributed by atoms with Gasteiger partial charge in [0.2, 0.25) is 0 Å². The van der Waals surface area contributed by atoms with Crippen LogP contribution in [0.4, 0.5) is 0 Å². The molecular weight excluding hydrogens is 779 g/mol. The standard InChI is InChI=1S/C34H35N6O3PS2.BrH.Cu/c1-25(31(38-39-33(45)35-2)26-18-20-27(21-19-26)32(41)42)37-40-34(46)36-22-23-43-24-44(28-12-6-3-7-13-28,29-14-8-4-9-15-29)30-16-10-5-11-17-30;;/h3-21H,22-24H2,1-2H3,(H4-,35,36,37,38,39,40,41,42,45,46);1H;/q;;+2/p-2. The number of rotatable bonds is 13. The van der Waals surface area contributed by atoms with E-state index < -0.39 is 13.2 Å². The molecule has 1 radical (unpaired) electrons. The van der Waals surface area contributed by atoms with E-state index in [4.69, 9.17) is 30.0 Å². The molecule has 14 heteroatoms. The van der Waals surface area contributed by atoms with E-state index in [2.05, 4.69) is 104 Å². The molecule has 0 spiro atoms. The minimum atomic E-state index is -2.10. The number of aromatic carboxylic acids is 1. The van der Waals surface area contributed by atoms with Gasteiger partial charge >= 0.3 is 23.0 Å². The molecule has 3 N–H and O–H groups in total. The van der Waals surface area contributed by atoms with Crippen LogP contribution in [-0.2, 0) is 47.1 Å². The molecule has 0 amide bonds. The maximum atomic E-state index is 11.3. The molecular formula is C34H34BrCuN6O3PS2. The van der Waals surface area contributed by atoms with Crippen LogP contribution in [0.25, 0.3) is 0 Å². The summed E-state index contributed by atoms with van der Waals surface area (Å²) in [6.07, 6.45) is 0.520. The Kier molecular flexibility index (Phi) is 17.6. The second-order valence-electron chi connectivity index (χ2n) is 9.86. The van der Waals surface area contributed by atoms with Crippen molar-refractivity contribution in [1.82, 2.24) is 10.6 Å². The van der Waals surface area contributed by atoms with Gasteiger partial charge in [-0.25, -0.2) is 4.79 Å². The number of nitrogens with zero attached hydrogens (tertiary/aromatic N) is 4. The molecule has 0 saturated heterocycles. The molecule has 9 nitrogen and oxygen atoms in total. The summed E-state index contributed by atoms with van der Waals surface area (Å²) in [5.74, 6) is -1.03. The molecule has 0 aliphatic rings. The van der Waals surface area contributed by atoms with Crippen molar-refractivity contribution < 1.29 is 48.7 Å². The number of benzene rings is 4. The zero-order chi connectivity index (χ0) is 32.8. The van der Waals surface area contributed by atoms with Gasteiger partial charge in [-0.15, -0.1) is 5.10 Å². The molecule has 4 aromatic rings. The molecule has 0 aliphatic carbocycles. The number of carboxylic acids is 1. The van der Waals surface area contributed by atoms with E-state index in [-0.39, 0.29) is 49.9 Å². The Labute approximate surface area is 313 Å². The van der Waals surface area contributed by atoms with Crippen molar-refractivity contribution in [2.24, 2.45) is 20.4 Å². The van der Waals surface area contributed by atoms with Crippen LogP contribution in [0, 0.1) is 0 Å². The second kappa shape index (κ2) is 20.7. The third kappa shape index (κ3) is 11.0. The smallest absolute Gasteiger partial charge is 1.00 e. The van der Waals surface area contributed by atoms with Crippen LogP contribution in [0.2, 0.25) is 0 Å². The van der Waals surface area contributed by atoms with Crippen LogP contribution in [-0.4, -0.2) is 59.4 Å². The van der Waals surface area contributed by atoms with Gasteiger partial charge in [0.05, 0.1) is 17.9 Å². The quantitative estimate of drug-likeness (QED) is 0.0352. The minimum absolute atomic E-state index is 0. The van der Waals surface area contributed by atoms with Crippen molar-refractivity contribution in [1.29, 1.82) is 0 Å². The summed E-state index contributed by atoms with van der Waals surface area (Å²) >= 11 is 10.5. The number of ether oxygens (including phenoxy) is 1. The van der Waals surface area contributed by atoms with E-state index in [1.165, 1.54) is 28.0 Å². The predicted molar refractivity (Wildman–Crippen MR) is 196 cm³/mol. The molecule has 48 heavy (non-hydrogen) atoms. The van der Waals surface area contributed by atoms with Gasteiger partial charge in [-0.2, -0.15) is 15.3 Å². The number of amidine groups is 2. The van der Waals surface area contributed by atoms with Gasteiger partial charge in [-0.3, -0.25) is 0 Å². The topological polar surface area (TPSA) is 120 Å². The fourth-order valence-electron chi connectivity index (χ4n) is 4.61. The molecule has 0 heterocycles. The van der Waals surface area contributed by atoms with Crippen molar-refractivity contribution in [2.45, 2.75) is 6.92 Å².